The fourth-order valence-electron chi connectivity index (χ4n) is 3.05. The Morgan fingerprint density at radius 2 is 2.04 bits per heavy atom. The number of ether oxygens (including phenoxy) is 1. The molecule has 0 atom stereocenters. The molecule has 8 heteroatoms. The average molecular weight is 372 g/mol. The van der Waals surface area contributed by atoms with Crippen LogP contribution in [0.3, 0.4) is 0 Å². The molecule has 1 saturated heterocycles. The predicted molar refractivity (Wildman–Crippen MR) is 98.7 cm³/mol. The number of rotatable bonds is 7. The Kier molecular flexibility index (Phi) is 8.65. The molecule has 0 aliphatic carbocycles. The Hall–Kier alpha value is -1.86. The van der Waals surface area contributed by atoms with E-state index in [0.717, 1.165) is 32.4 Å². The van der Waals surface area contributed by atoms with Crippen molar-refractivity contribution >= 4 is 24.0 Å². The third-order valence-corrected chi connectivity index (χ3v) is 4.18. The number of nitro benzene ring substituents is 1. The van der Waals surface area contributed by atoms with E-state index in [1.54, 1.807) is 13.0 Å². The van der Waals surface area contributed by atoms with Crippen molar-refractivity contribution in [3.63, 3.8) is 0 Å². The molecule has 1 aliphatic heterocycles. The number of carbonyl (C=O) groups excluding carboxylic acids is 1. The number of benzene rings is 1. The van der Waals surface area contributed by atoms with Gasteiger partial charge >= 0.3 is 5.69 Å². The number of hydrogen-bond acceptors (Lipinski definition) is 5. The molecule has 1 aromatic carbocycles. The Labute approximate surface area is 154 Å². The first kappa shape index (κ1) is 21.2. The van der Waals surface area contributed by atoms with Crippen LogP contribution in [0, 0.1) is 10.1 Å². The lowest BCUT2D eigenvalue weighted by atomic mass is 10.0. The van der Waals surface area contributed by atoms with Crippen molar-refractivity contribution in [3.8, 4) is 5.75 Å². The van der Waals surface area contributed by atoms with Gasteiger partial charge in [-0.1, -0.05) is 6.92 Å². The van der Waals surface area contributed by atoms with E-state index in [2.05, 4.69) is 5.32 Å². The van der Waals surface area contributed by atoms with Crippen LogP contribution in [0.15, 0.2) is 18.2 Å². The smallest absolute Gasteiger partial charge is 0.311 e. The third-order valence-electron chi connectivity index (χ3n) is 4.18. The van der Waals surface area contributed by atoms with Gasteiger partial charge in [0.05, 0.1) is 11.5 Å². The normalized spacial score (nSPS) is 14.5. The van der Waals surface area contributed by atoms with Gasteiger partial charge in [0.2, 0.25) is 0 Å². The minimum atomic E-state index is -0.504. The maximum Gasteiger partial charge on any atom is 0.311 e. The summed E-state index contributed by atoms with van der Waals surface area (Å²) in [6, 6.07) is 4.65. The molecule has 25 heavy (non-hydrogen) atoms. The van der Waals surface area contributed by atoms with Gasteiger partial charge in [-0.15, -0.1) is 12.4 Å². The maximum absolute atomic E-state index is 12.9. The van der Waals surface area contributed by atoms with Gasteiger partial charge in [-0.3, -0.25) is 14.9 Å². The Morgan fingerprint density at radius 1 is 1.36 bits per heavy atom. The molecule has 0 aromatic heterocycles. The average Bonchev–Trinajstić information content (AvgIpc) is 2.60. The van der Waals surface area contributed by atoms with Crippen LogP contribution >= 0.6 is 12.4 Å². The molecule has 0 bridgehead atoms. The minimum absolute atomic E-state index is 0. The zero-order valence-corrected chi connectivity index (χ0v) is 15.5. The lowest BCUT2D eigenvalue weighted by Gasteiger charge is -2.34. The second-order valence-electron chi connectivity index (χ2n) is 5.85. The number of piperidine rings is 1. The topological polar surface area (TPSA) is 84.7 Å². The highest BCUT2D eigenvalue weighted by Gasteiger charge is 2.27. The standard InChI is InChI=1S/C17H25N3O4.ClH/c1-3-11-19(14-7-9-18-10-8-14)17(21)13-5-6-16(24-4-2)15(12-13)20(22)23;/h5-6,12,14,18H,3-4,7-11H2,1-2H3;1H. The van der Waals surface area contributed by atoms with Gasteiger partial charge in [0.15, 0.2) is 5.75 Å². The molecule has 140 valence electrons. The largest absolute Gasteiger partial charge is 0.487 e. The van der Waals surface area contributed by atoms with E-state index >= 15 is 0 Å². The molecule has 1 aromatic rings. The van der Waals surface area contributed by atoms with E-state index in [0.29, 0.717) is 18.7 Å². The minimum Gasteiger partial charge on any atom is -0.487 e. The second-order valence-corrected chi connectivity index (χ2v) is 5.85. The zero-order chi connectivity index (χ0) is 17.5. The van der Waals surface area contributed by atoms with Gasteiger partial charge in [0.25, 0.3) is 5.91 Å². The summed E-state index contributed by atoms with van der Waals surface area (Å²) < 4.78 is 5.28. The molecule has 1 fully saturated rings. The summed E-state index contributed by atoms with van der Waals surface area (Å²) in [6.45, 7) is 6.57. The first-order valence-electron chi connectivity index (χ1n) is 8.51. The van der Waals surface area contributed by atoms with Crippen LogP contribution in [0.1, 0.15) is 43.5 Å². The summed E-state index contributed by atoms with van der Waals surface area (Å²) >= 11 is 0. The van der Waals surface area contributed by atoms with Crippen LogP contribution in [-0.4, -0.2) is 48.0 Å². The number of carbonyl (C=O) groups is 1. The number of hydrogen-bond donors (Lipinski definition) is 1. The van der Waals surface area contributed by atoms with Gasteiger partial charge in [-0.2, -0.15) is 0 Å². The van der Waals surface area contributed by atoms with Gasteiger partial charge in [0.1, 0.15) is 0 Å². The molecule has 0 radical (unpaired) electrons. The fourth-order valence-corrected chi connectivity index (χ4v) is 3.05. The van der Waals surface area contributed by atoms with Crippen LogP contribution in [0.5, 0.6) is 5.75 Å². The first-order valence-corrected chi connectivity index (χ1v) is 8.51. The lowest BCUT2D eigenvalue weighted by molar-refractivity contribution is -0.385. The van der Waals surface area contributed by atoms with Crippen molar-refractivity contribution < 1.29 is 14.5 Å². The summed E-state index contributed by atoms with van der Waals surface area (Å²) in [5, 5.41) is 14.6. The summed E-state index contributed by atoms with van der Waals surface area (Å²) in [4.78, 5) is 25.5. The molecule has 1 aliphatic rings. The van der Waals surface area contributed by atoms with Crippen LogP contribution in [-0.2, 0) is 0 Å². The Morgan fingerprint density at radius 3 is 2.60 bits per heavy atom. The molecule has 1 amide bonds. The maximum atomic E-state index is 12.9. The second kappa shape index (κ2) is 10.2. The molecular weight excluding hydrogens is 346 g/mol. The number of nitrogens with one attached hydrogen (secondary N) is 1. The van der Waals surface area contributed by atoms with Crippen molar-refractivity contribution in [3.05, 3.63) is 33.9 Å². The van der Waals surface area contributed by atoms with Gasteiger partial charge in [0, 0.05) is 24.2 Å². The van der Waals surface area contributed by atoms with E-state index in [9.17, 15) is 14.9 Å². The molecule has 0 unspecified atom stereocenters. The monoisotopic (exact) mass is 371 g/mol. The van der Waals surface area contributed by atoms with Crippen molar-refractivity contribution in [1.29, 1.82) is 0 Å². The van der Waals surface area contributed by atoms with Gasteiger partial charge < -0.3 is 15.0 Å². The van der Waals surface area contributed by atoms with E-state index in [1.807, 2.05) is 11.8 Å². The summed E-state index contributed by atoms with van der Waals surface area (Å²) in [5.41, 5.74) is 0.182. The first-order chi connectivity index (χ1) is 11.6. The summed E-state index contributed by atoms with van der Waals surface area (Å²) in [6.07, 6.45) is 2.67. The number of nitro groups is 1. The van der Waals surface area contributed by atoms with E-state index < -0.39 is 4.92 Å². The highest BCUT2D eigenvalue weighted by atomic mass is 35.5. The molecule has 0 saturated carbocycles. The molecule has 0 spiro atoms. The van der Waals surface area contributed by atoms with Gasteiger partial charge in [-0.25, -0.2) is 0 Å². The van der Waals surface area contributed by atoms with E-state index in [-0.39, 0.29) is 35.8 Å². The molecular formula is C17H26ClN3O4. The van der Waals surface area contributed by atoms with Crippen LogP contribution < -0.4 is 10.1 Å². The van der Waals surface area contributed by atoms with Crippen LogP contribution in [0.4, 0.5) is 5.69 Å². The summed E-state index contributed by atoms with van der Waals surface area (Å²) in [7, 11) is 0. The Balaban J connectivity index is 0.00000312. The van der Waals surface area contributed by atoms with Crippen LogP contribution in [0.25, 0.3) is 0 Å². The molecule has 1 N–H and O–H groups in total. The SMILES string of the molecule is CCCN(C(=O)c1ccc(OCC)c([N+](=O)[O-])c1)C1CCNCC1.Cl. The number of halogens is 1. The van der Waals surface area contributed by atoms with Crippen molar-refractivity contribution in [1.82, 2.24) is 10.2 Å². The van der Waals surface area contributed by atoms with Crippen molar-refractivity contribution in [2.24, 2.45) is 0 Å². The van der Waals surface area contributed by atoms with Gasteiger partial charge in [-0.05, 0) is 51.4 Å². The highest BCUT2D eigenvalue weighted by molar-refractivity contribution is 5.95. The zero-order valence-electron chi connectivity index (χ0n) is 14.7. The quantitative estimate of drug-likeness (QED) is 0.588. The molecule has 2 rings (SSSR count). The van der Waals surface area contributed by atoms with Crippen molar-refractivity contribution in [2.45, 2.75) is 39.2 Å². The molecule has 1 heterocycles. The molecule has 7 nitrogen and oxygen atoms in total. The van der Waals surface area contributed by atoms with Crippen molar-refractivity contribution in [2.75, 3.05) is 26.2 Å². The lowest BCUT2D eigenvalue weighted by Crippen LogP contribution is -2.46. The van der Waals surface area contributed by atoms with Crippen LogP contribution in [0.2, 0.25) is 0 Å². The number of amides is 1. The van der Waals surface area contributed by atoms with E-state index in [1.165, 1.54) is 12.1 Å². The van der Waals surface area contributed by atoms with E-state index in [4.69, 9.17) is 4.74 Å². The predicted octanol–water partition coefficient (Wildman–Crippen LogP) is 3.02. The highest BCUT2D eigenvalue weighted by Crippen LogP contribution is 2.29. The number of nitrogens with zero attached hydrogens (tertiary/aromatic N) is 2. The summed E-state index contributed by atoms with van der Waals surface area (Å²) in [5.74, 6) is 0.0536. The fraction of sp³-hybridized carbons (Fsp3) is 0.588. The third kappa shape index (κ3) is 5.31. The Bertz CT molecular complexity index is 591.